The van der Waals surface area contributed by atoms with Gasteiger partial charge in [-0.2, -0.15) is 5.10 Å². The highest BCUT2D eigenvalue weighted by Gasteiger charge is 2.14. The maximum absolute atomic E-state index is 11.4. The van der Waals surface area contributed by atoms with Crippen molar-refractivity contribution in [3.63, 3.8) is 0 Å². The first kappa shape index (κ1) is 11.4. The summed E-state index contributed by atoms with van der Waals surface area (Å²) in [6, 6.07) is 13.2. The number of hydrogen-bond donors (Lipinski definition) is 1. The molecule has 94 valence electrons. The normalized spacial score (nSPS) is 10.7. The number of nitrogens with two attached hydrogens (primary N) is 1. The Balaban J connectivity index is 2.11. The number of carbonyl (C=O) groups is 1. The van der Waals surface area contributed by atoms with Crippen LogP contribution in [0.5, 0.6) is 0 Å². The van der Waals surface area contributed by atoms with Crippen molar-refractivity contribution in [1.29, 1.82) is 0 Å². The fourth-order valence-corrected chi connectivity index (χ4v) is 2.08. The Morgan fingerprint density at radius 1 is 1.16 bits per heavy atom. The molecule has 19 heavy (non-hydrogen) atoms. The standard InChI is InChI=1S/C14H12N4O/c15-14(19)13-11-6-1-2-7-12(11)18(17-13)9-10-5-3-4-8-16-10/h1-8H,9H2,(H2,15,19). The molecule has 0 aliphatic heterocycles. The van der Waals surface area contributed by atoms with Gasteiger partial charge in [-0.3, -0.25) is 14.5 Å². The van der Waals surface area contributed by atoms with Crippen LogP contribution in [0.2, 0.25) is 0 Å². The number of primary amides is 1. The Hall–Kier alpha value is -2.69. The van der Waals surface area contributed by atoms with Crippen molar-refractivity contribution in [2.24, 2.45) is 5.73 Å². The molecule has 3 aromatic rings. The van der Waals surface area contributed by atoms with Crippen LogP contribution < -0.4 is 5.73 Å². The molecule has 0 spiro atoms. The van der Waals surface area contributed by atoms with Gasteiger partial charge in [-0.1, -0.05) is 24.3 Å². The molecule has 0 aliphatic rings. The largest absolute Gasteiger partial charge is 0.364 e. The van der Waals surface area contributed by atoms with E-state index in [0.717, 1.165) is 16.6 Å². The summed E-state index contributed by atoms with van der Waals surface area (Å²) >= 11 is 0. The van der Waals surface area contributed by atoms with Crippen LogP contribution in [0.15, 0.2) is 48.7 Å². The highest BCUT2D eigenvalue weighted by molar-refractivity contribution is 6.04. The quantitative estimate of drug-likeness (QED) is 0.769. The van der Waals surface area contributed by atoms with Crippen molar-refractivity contribution < 1.29 is 4.79 Å². The lowest BCUT2D eigenvalue weighted by Crippen LogP contribution is -2.13. The maximum Gasteiger partial charge on any atom is 0.269 e. The van der Waals surface area contributed by atoms with Gasteiger partial charge in [-0.05, 0) is 18.2 Å². The fraction of sp³-hybridized carbons (Fsp3) is 0.0714. The number of fused-ring (bicyclic) bond motifs is 1. The third-order valence-electron chi connectivity index (χ3n) is 2.93. The zero-order chi connectivity index (χ0) is 13.2. The minimum atomic E-state index is -0.518. The number of carbonyl (C=O) groups excluding carboxylic acids is 1. The first-order chi connectivity index (χ1) is 9.25. The molecular weight excluding hydrogens is 240 g/mol. The number of hydrogen-bond acceptors (Lipinski definition) is 3. The van der Waals surface area contributed by atoms with Gasteiger partial charge in [0.15, 0.2) is 5.69 Å². The van der Waals surface area contributed by atoms with E-state index in [9.17, 15) is 4.79 Å². The Morgan fingerprint density at radius 2 is 1.95 bits per heavy atom. The first-order valence-electron chi connectivity index (χ1n) is 5.91. The highest BCUT2D eigenvalue weighted by atomic mass is 16.1. The molecule has 0 saturated carbocycles. The van der Waals surface area contributed by atoms with Crippen LogP contribution in [0.1, 0.15) is 16.2 Å². The van der Waals surface area contributed by atoms with Crippen molar-refractivity contribution in [3.8, 4) is 0 Å². The molecule has 3 rings (SSSR count). The monoisotopic (exact) mass is 252 g/mol. The van der Waals surface area contributed by atoms with Gasteiger partial charge in [0.05, 0.1) is 17.8 Å². The zero-order valence-electron chi connectivity index (χ0n) is 10.2. The van der Waals surface area contributed by atoms with Crippen LogP contribution >= 0.6 is 0 Å². The summed E-state index contributed by atoms with van der Waals surface area (Å²) in [5, 5.41) is 5.06. The summed E-state index contributed by atoms with van der Waals surface area (Å²) in [6.45, 7) is 0.509. The van der Waals surface area contributed by atoms with E-state index in [1.165, 1.54) is 0 Å². The molecule has 2 N–H and O–H groups in total. The predicted molar refractivity (Wildman–Crippen MR) is 71.6 cm³/mol. The number of para-hydroxylation sites is 1. The smallest absolute Gasteiger partial charge is 0.269 e. The summed E-state index contributed by atoms with van der Waals surface area (Å²) in [5.74, 6) is -0.518. The Morgan fingerprint density at radius 3 is 2.68 bits per heavy atom. The lowest BCUT2D eigenvalue weighted by atomic mass is 10.2. The number of amides is 1. The van der Waals surface area contributed by atoms with Gasteiger partial charge in [0.2, 0.25) is 0 Å². The number of aromatic nitrogens is 3. The molecule has 1 aromatic carbocycles. The van der Waals surface area contributed by atoms with Gasteiger partial charge in [0.25, 0.3) is 5.91 Å². The molecule has 0 atom stereocenters. The van der Waals surface area contributed by atoms with Crippen LogP contribution in [0, 0.1) is 0 Å². The van der Waals surface area contributed by atoms with Crippen LogP contribution in [0.4, 0.5) is 0 Å². The molecular formula is C14H12N4O. The minimum Gasteiger partial charge on any atom is -0.364 e. The van der Waals surface area contributed by atoms with E-state index in [2.05, 4.69) is 10.1 Å². The van der Waals surface area contributed by atoms with Gasteiger partial charge >= 0.3 is 0 Å². The molecule has 0 radical (unpaired) electrons. The van der Waals surface area contributed by atoms with Gasteiger partial charge in [0, 0.05) is 11.6 Å². The van der Waals surface area contributed by atoms with Gasteiger partial charge in [-0.25, -0.2) is 0 Å². The number of rotatable bonds is 3. The van der Waals surface area contributed by atoms with Crippen LogP contribution in [0.3, 0.4) is 0 Å². The second kappa shape index (κ2) is 4.53. The number of pyridine rings is 1. The Labute approximate surface area is 109 Å². The maximum atomic E-state index is 11.4. The molecule has 0 unspecified atom stereocenters. The van der Waals surface area contributed by atoms with Gasteiger partial charge < -0.3 is 5.73 Å². The lowest BCUT2D eigenvalue weighted by molar-refractivity contribution is 0.0996. The van der Waals surface area contributed by atoms with Crippen molar-refractivity contribution in [2.45, 2.75) is 6.54 Å². The molecule has 0 fully saturated rings. The van der Waals surface area contributed by atoms with Crippen LogP contribution in [0.25, 0.3) is 10.9 Å². The number of nitrogens with zero attached hydrogens (tertiary/aromatic N) is 3. The van der Waals surface area contributed by atoms with Gasteiger partial charge in [0.1, 0.15) is 0 Å². The van der Waals surface area contributed by atoms with Gasteiger partial charge in [-0.15, -0.1) is 0 Å². The van der Waals surface area contributed by atoms with E-state index in [4.69, 9.17) is 5.73 Å². The first-order valence-corrected chi connectivity index (χ1v) is 5.91. The molecule has 5 nitrogen and oxygen atoms in total. The van der Waals surface area contributed by atoms with E-state index in [0.29, 0.717) is 12.2 Å². The summed E-state index contributed by atoms with van der Waals surface area (Å²) in [5.41, 5.74) is 7.41. The zero-order valence-corrected chi connectivity index (χ0v) is 10.2. The summed E-state index contributed by atoms with van der Waals surface area (Å²) < 4.78 is 1.75. The topological polar surface area (TPSA) is 73.8 Å². The predicted octanol–water partition coefficient (Wildman–Crippen LogP) is 1.58. The van der Waals surface area contributed by atoms with Crippen molar-refractivity contribution >= 4 is 16.8 Å². The van der Waals surface area contributed by atoms with E-state index >= 15 is 0 Å². The third-order valence-corrected chi connectivity index (χ3v) is 2.93. The average molecular weight is 252 g/mol. The van der Waals surface area contributed by atoms with Crippen molar-refractivity contribution in [3.05, 3.63) is 60.0 Å². The van der Waals surface area contributed by atoms with E-state index in [-0.39, 0.29) is 0 Å². The fourth-order valence-electron chi connectivity index (χ4n) is 2.08. The molecule has 2 aromatic heterocycles. The third kappa shape index (κ3) is 2.06. The molecule has 1 amide bonds. The minimum absolute atomic E-state index is 0.298. The van der Waals surface area contributed by atoms with E-state index in [1.807, 2.05) is 42.5 Å². The second-order valence-electron chi connectivity index (χ2n) is 4.21. The molecule has 2 heterocycles. The molecule has 0 saturated heterocycles. The molecule has 0 bridgehead atoms. The lowest BCUT2D eigenvalue weighted by Gasteiger charge is -2.02. The average Bonchev–Trinajstić information content (AvgIpc) is 2.79. The highest BCUT2D eigenvalue weighted by Crippen LogP contribution is 2.18. The SMILES string of the molecule is NC(=O)c1nn(Cc2ccccn2)c2ccccc12. The van der Waals surface area contributed by atoms with Crippen molar-refractivity contribution in [1.82, 2.24) is 14.8 Å². The second-order valence-corrected chi connectivity index (χ2v) is 4.21. The summed E-state index contributed by atoms with van der Waals surface area (Å²) in [7, 11) is 0. The van der Waals surface area contributed by atoms with E-state index < -0.39 is 5.91 Å². The van der Waals surface area contributed by atoms with Crippen LogP contribution in [-0.4, -0.2) is 20.7 Å². The Kier molecular flexibility index (Phi) is 2.72. The Bertz CT molecular complexity index is 734. The van der Waals surface area contributed by atoms with Crippen molar-refractivity contribution in [2.75, 3.05) is 0 Å². The summed E-state index contributed by atoms with van der Waals surface area (Å²) in [4.78, 5) is 15.7. The van der Waals surface area contributed by atoms with Crippen LogP contribution in [-0.2, 0) is 6.54 Å². The molecule has 0 aliphatic carbocycles. The summed E-state index contributed by atoms with van der Waals surface area (Å²) in [6.07, 6.45) is 1.73. The van der Waals surface area contributed by atoms with E-state index in [1.54, 1.807) is 10.9 Å². The molecule has 5 heteroatoms. The number of benzene rings is 1.